The molecule has 1 aliphatic rings. The van der Waals surface area contributed by atoms with E-state index in [-0.39, 0.29) is 0 Å². The molecule has 0 spiro atoms. The molecule has 2 heterocycles. The predicted molar refractivity (Wildman–Crippen MR) is 100 cm³/mol. The standard InChI is InChI=1S/C20H20N4O/c21-17-8-6-15(7-9-17)18-14-19(24-10-12-25-13-11-24)23-20(22-18)16-4-2-1-3-5-16/h1-9,14H,10-13,21H2. The normalized spacial score (nSPS) is 14.5. The number of nitrogens with zero attached hydrogens (tertiary/aromatic N) is 3. The quantitative estimate of drug-likeness (QED) is 0.746. The van der Waals surface area contributed by atoms with Gasteiger partial charge in [-0.2, -0.15) is 0 Å². The summed E-state index contributed by atoms with van der Waals surface area (Å²) in [4.78, 5) is 11.8. The molecule has 5 nitrogen and oxygen atoms in total. The van der Waals surface area contributed by atoms with Crippen molar-refractivity contribution in [2.24, 2.45) is 0 Å². The molecule has 25 heavy (non-hydrogen) atoms. The molecule has 1 aliphatic heterocycles. The van der Waals surface area contributed by atoms with E-state index in [2.05, 4.69) is 4.90 Å². The van der Waals surface area contributed by atoms with Crippen LogP contribution in [0.3, 0.4) is 0 Å². The molecule has 3 aromatic rings. The van der Waals surface area contributed by atoms with Crippen LogP contribution in [0.25, 0.3) is 22.6 Å². The van der Waals surface area contributed by atoms with E-state index < -0.39 is 0 Å². The zero-order chi connectivity index (χ0) is 17.1. The van der Waals surface area contributed by atoms with Crippen molar-refractivity contribution in [3.8, 4) is 22.6 Å². The van der Waals surface area contributed by atoms with Crippen LogP contribution in [0, 0.1) is 0 Å². The van der Waals surface area contributed by atoms with Gasteiger partial charge in [0.05, 0.1) is 18.9 Å². The molecule has 1 aromatic heterocycles. The summed E-state index contributed by atoms with van der Waals surface area (Å²) in [5, 5.41) is 0. The second kappa shape index (κ2) is 6.91. The van der Waals surface area contributed by atoms with Gasteiger partial charge in [-0.05, 0) is 12.1 Å². The molecule has 0 atom stereocenters. The number of hydrogen-bond acceptors (Lipinski definition) is 5. The Morgan fingerprint density at radius 3 is 2.28 bits per heavy atom. The molecule has 0 aliphatic carbocycles. The van der Waals surface area contributed by atoms with Crippen molar-refractivity contribution in [1.82, 2.24) is 9.97 Å². The summed E-state index contributed by atoms with van der Waals surface area (Å²) in [7, 11) is 0. The van der Waals surface area contributed by atoms with E-state index in [0.717, 1.165) is 60.5 Å². The molecular formula is C20H20N4O. The Labute approximate surface area is 147 Å². The van der Waals surface area contributed by atoms with Gasteiger partial charge in [0.15, 0.2) is 5.82 Å². The Bertz CT molecular complexity index is 843. The van der Waals surface area contributed by atoms with Crippen molar-refractivity contribution in [2.45, 2.75) is 0 Å². The largest absolute Gasteiger partial charge is 0.399 e. The maximum Gasteiger partial charge on any atom is 0.162 e. The zero-order valence-electron chi connectivity index (χ0n) is 13.9. The minimum absolute atomic E-state index is 0.724. The van der Waals surface area contributed by atoms with Gasteiger partial charge in [-0.15, -0.1) is 0 Å². The Balaban J connectivity index is 1.81. The average Bonchev–Trinajstić information content (AvgIpc) is 2.69. The molecule has 0 saturated carbocycles. The monoisotopic (exact) mass is 332 g/mol. The lowest BCUT2D eigenvalue weighted by Crippen LogP contribution is -2.36. The lowest BCUT2D eigenvalue weighted by atomic mass is 10.1. The van der Waals surface area contributed by atoms with E-state index in [9.17, 15) is 0 Å². The van der Waals surface area contributed by atoms with Gasteiger partial charge in [-0.1, -0.05) is 42.5 Å². The first-order valence-electron chi connectivity index (χ1n) is 8.43. The molecule has 2 N–H and O–H groups in total. The molecule has 126 valence electrons. The fraction of sp³-hybridized carbons (Fsp3) is 0.200. The van der Waals surface area contributed by atoms with E-state index in [0.29, 0.717) is 0 Å². The summed E-state index contributed by atoms with van der Waals surface area (Å²) in [6.45, 7) is 3.13. The van der Waals surface area contributed by atoms with Gasteiger partial charge in [0.1, 0.15) is 5.82 Å². The molecule has 2 aromatic carbocycles. The maximum atomic E-state index is 5.82. The fourth-order valence-electron chi connectivity index (χ4n) is 2.91. The number of nitrogens with two attached hydrogens (primary N) is 1. The minimum atomic E-state index is 0.724. The van der Waals surface area contributed by atoms with Gasteiger partial charge in [-0.25, -0.2) is 9.97 Å². The summed E-state index contributed by atoms with van der Waals surface area (Å²) >= 11 is 0. The minimum Gasteiger partial charge on any atom is -0.399 e. The van der Waals surface area contributed by atoms with Crippen molar-refractivity contribution < 1.29 is 4.74 Å². The van der Waals surface area contributed by atoms with Crippen LogP contribution >= 0.6 is 0 Å². The van der Waals surface area contributed by atoms with Crippen LogP contribution in [0.15, 0.2) is 60.7 Å². The third-order valence-corrected chi connectivity index (χ3v) is 4.29. The SMILES string of the molecule is Nc1ccc(-c2cc(N3CCOCC3)nc(-c3ccccc3)n2)cc1. The second-order valence-corrected chi connectivity index (χ2v) is 6.02. The summed E-state index contributed by atoms with van der Waals surface area (Å²) < 4.78 is 5.47. The Hall–Kier alpha value is -2.92. The van der Waals surface area contributed by atoms with E-state index in [4.69, 9.17) is 20.4 Å². The molecule has 4 rings (SSSR count). The van der Waals surface area contributed by atoms with Crippen LogP contribution < -0.4 is 10.6 Å². The van der Waals surface area contributed by atoms with Crippen molar-refractivity contribution in [3.63, 3.8) is 0 Å². The molecule has 0 amide bonds. The van der Waals surface area contributed by atoms with Crippen molar-refractivity contribution in [3.05, 3.63) is 60.7 Å². The third-order valence-electron chi connectivity index (χ3n) is 4.29. The van der Waals surface area contributed by atoms with Crippen molar-refractivity contribution >= 4 is 11.5 Å². The Morgan fingerprint density at radius 2 is 1.56 bits per heavy atom. The lowest BCUT2D eigenvalue weighted by molar-refractivity contribution is 0.122. The van der Waals surface area contributed by atoms with E-state index in [1.807, 2.05) is 60.7 Å². The van der Waals surface area contributed by atoms with Crippen LogP contribution in [-0.4, -0.2) is 36.3 Å². The van der Waals surface area contributed by atoms with Gasteiger partial charge in [0.25, 0.3) is 0 Å². The molecular weight excluding hydrogens is 312 g/mol. The average molecular weight is 332 g/mol. The summed E-state index contributed by atoms with van der Waals surface area (Å²) in [5.41, 5.74) is 9.50. The number of hydrogen-bond donors (Lipinski definition) is 1. The van der Waals surface area contributed by atoms with Crippen LogP contribution in [0.2, 0.25) is 0 Å². The van der Waals surface area contributed by atoms with E-state index >= 15 is 0 Å². The van der Waals surface area contributed by atoms with Crippen LogP contribution in [0.4, 0.5) is 11.5 Å². The first-order chi connectivity index (χ1) is 12.3. The molecule has 5 heteroatoms. The smallest absolute Gasteiger partial charge is 0.162 e. The number of nitrogen functional groups attached to an aromatic ring is 1. The van der Waals surface area contributed by atoms with Gasteiger partial charge >= 0.3 is 0 Å². The van der Waals surface area contributed by atoms with Gasteiger partial charge in [-0.3, -0.25) is 0 Å². The van der Waals surface area contributed by atoms with Crippen molar-refractivity contribution in [2.75, 3.05) is 36.9 Å². The number of aromatic nitrogens is 2. The molecule has 0 unspecified atom stereocenters. The number of rotatable bonds is 3. The Morgan fingerprint density at radius 1 is 0.840 bits per heavy atom. The number of morpholine rings is 1. The molecule has 1 fully saturated rings. The summed E-state index contributed by atoms with van der Waals surface area (Å²) in [6.07, 6.45) is 0. The highest BCUT2D eigenvalue weighted by Gasteiger charge is 2.16. The third kappa shape index (κ3) is 3.46. The number of benzene rings is 2. The predicted octanol–water partition coefficient (Wildman–Crippen LogP) is 3.23. The van der Waals surface area contributed by atoms with Gasteiger partial charge in [0, 0.05) is 36.0 Å². The van der Waals surface area contributed by atoms with Gasteiger partial charge < -0.3 is 15.4 Å². The van der Waals surface area contributed by atoms with E-state index in [1.54, 1.807) is 0 Å². The topological polar surface area (TPSA) is 64.3 Å². The highest BCUT2D eigenvalue weighted by atomic mass is 16.5. The van der Waals surface area contributed by atoms with Crippen LogP contribution in [0.5, 0.6) is 0 Å². The number of anilines is 2. The molecule has 0 bridgehead atoms. The summed E-state index contributed by atoms with van der Waals surface area (Å²) in [5.74, 6) is 1.67. The van der Waals surface area contributed by atoms with E-state index in [1.165, 1.54) is 0 Å². The summed E-state index contributed by atoms with van der Waals surface area (Å²) in [6, 6.07) is 19.9. The number of ether oxygens (including phenoxy) is 1. The molecule has 0 radical (unpaired) electrons. The fourth-order valence-corrected chi connectivity index (χ4v) is 2.91. The second-order valence-electron chi connectivity index (χ2n) is 6.02. The highest BCUT2D eigenvalue weighted by molar-refractivity contribution is 5.69. The van der Waals surface area contributed by atoms with Crippen LogP contribution in [-0.2, 0) is 4.74 Å². The van der Waals surface area contributed by atoms with Gasteiger partial charge in [0.2, 0.25) is 0 Å². The lowest BCUT2D eigenvalue weighted by Gasteiger charge is -2.28. The van der Waals surface area contributed by atoms with Crippen LogP contribution in [0.1, 0.15) is 0 Å². The first-order valence-corrected chi connectivity index (χ1v) is 8.43. The first kappa shape index (κ1) is 15.6. The Kier molecular flexibility index (Phi) is 4.31. The highest BCUT2D eigenvalue weighted by Crippen LogP contribution is 2.27. The van der Waals surface area contributed by atoms with Crippen molar-refractivity contribution in [1.29, 1.82) is 0 Å². The molecule has 1 saturated heterocycles. The zero-order valence-corrected chi connectivity index (χ0v) is 13.9. The maximum absolute atomic E-state index is 5.82.